The molecule has 1 heterocycles. The van der Waals surface area contributed by atoms with Crippen molar-refractivity contribution in [1.29, 1.82) is 0 Å². The van der Waals surface area contributed by atoms with Crippen molar-refractivity contribution in [2.75, 3.05) is 31.5 Å². The van der Waals surface area contributed by atoms with E-state index in [1.165, 1.54) is 12.1 Å². The molecule has 0 aromatic heterocycles. The molecule has 1 aliphatic heterocycles. The Bertz CT molecular complexity index is 402. The Morgan fingerprint density at radius 3 is 2.94 bits per heavy atom. The third kappa shape index (κ3) is 3.09. The second-order valence-electron chi connectivity index (χ2n) is 4.16. The van der Waals surface area contributed by atoms with E-state index in [2.05, 4.69) is 10.6 Å². The molecule has 17 heavy (non-hydrogen) atoms. The van der Waals surface area contributed by atoms with E-state index >= 15 is 0 Å². The topological polar surface area (TPSA) is 44.4 Å². The van der Waals surface area contributed by atoms with Gasteiger partial charge in [0.05, 0.1) is 0 Å². The second-order valence-corrected chi connectivity index (χ2v) is 4.16. The van der Waals surface area contributed by atoms with Gasteiger partial charge < -0.3 is 15.5 Å². The lowest BCUT2D eigenvalue weighted by molar-refractivity contribution is 0.219. The van der Waals surface area contributed by atoms with Crippen LogP contribution in [-0.2, 0) is 0 Å². The second kappa shape index (κ2) is 5.03. The van der Waals surface area contributed by atoms with Gasteiger partial charge in [-0.05, 0) is 30.7 Å². The van der Waals surface area contributed by atoms with Gasteiger partial charge >= 0.3 is 6.03 Å². The minimum Gasteiger partial charge on any atom is -0.383 e. The SMILES string of the molecule is Cc1cc(F)cc(NCCN2CCNC2=O)c1. The molecule has 0 saturated carbocycles. The van der Waals surface area contributed by atoms with Crippen molar-refractivity contribution < 1.29 is 9.18 Å². The Labute approximate surface area is 99.8 Å². The molecule has 1 aliphatic rings. The summed E-state index contributed by atoms with van der Waals surface area (Å²) in [6.45, 7) is 4.54. The zero-order valence-electron chi connectivity index (χ0n) is 9.79. The zero-order valence-corrected chi connectivity index (χ0v) is 9.79. The number of hydrogen-bond acceptors (Lipinski definition) is 2. The van der Waals surface area contributed by atoms with Gasteiger partial charge in [-0.3, -0.25) is 0 Å². The third-order valence-electron chi connectivity index (χ3n) is 2.70. The molecule has 0 bridgehead atoms. The molecule has 92 valence electrons. The van der Waals surface area contributed by atoms with Gasteiger partial charge in [-0.25, -0.2) is 9.18 Å². The fourth-order valence-electron chi connectivity index (χ4n) is 1.90. The van der Waals surface area contributed by atoms with E-state index in [0.29, 0.717) is 19.6 Å². The fraction of sp³-hybridized carbons (Fsp3) is 0.417. The molecule has 1 aromatic rings. The number of urea groups is 1. The van der Waals surface area contributed by atoms with Crippen LogP contribution in [0.25, 0.3) is 0 Å². The Kier molecular flexibility index (Phi) is 3.46. The maximum Gasteiger partial charge on any atom is 0.317 e. The maximum atomic E-state index is 13.1. The lowest BCUT2D eigenvalue weighted by atomic mass is 10.2. The quantitative estimate of drug-likeness (QED) is 0.835. The van der Waals surface area contributed by atoms with Crippen LogP contribution in [0.1, 0.15) is 5.56 Å². The van der Waals surface area contributed by atoms with Crippen molar-refractivity contribution in [3.63, 3.8) is 0 Å². The smallest absolute Gasteiger partial charge is 0.317 e. The molecule has 2 N–H and O–H groups in total. The first-order valence-electron chi connectivity index (χ1n) is 5.69. The monoisotopic (exact) mass is 237 g/mol. The van der Waals surface area contributed by atoms with Crippen molar-refractivity contribution in [1.82, 2.24) is 10.2 Å². The zero-order chi connectivity index (χ0) is 12.3. The normalized spacial score (nSPS) is 14.9. The summed E-state index contributed by atoms with van der Waals surface area (Å²) in [6.07, 6.45) is 0. The average molecular weight is 237 g/mol. The Hall–Kier alpha value is -1.78. The first-order chi connectivity index (χ1) is 8.15. The molecule has 0 aliphatic carbocycles. The lowest BCUT2D eigenvalue weighted by Crippen LogP contribution is -2.32. The molecule has 0 atom stereocenters. The number of benzene rings is 1. The van der Waals surface area contributed by atoms with Crippen LogP contribution in [0.2, 0.25) is 0 Å². The number of rotatable bonds is 4. The number of carbonyl (C=O) groups is 1. The third-order valence-corrected chi connectivity index (χ3v) is 2.70. The predicted octanol–water partition coefficient (Wildman–Crippen LogP) is 1.57. The van der Waals surface area contributed by atoms with Crippen molar-refractivity contribution in [2.45, 2.75) is 6.92 Å². The maximum absolute atomic E-state index is 13.1. The van der Waals surface area contributed by atoms with Crippen LogP contribution in [0.5, 0.6) is 0 Å². The van der Waals surface area contributed by atoms with E-state index < -0.39 is 0 Å². The Balaban J connectivity index is 1.83. The number of nitrogens with zero attached hydrogens (tertiary/aromatic N) is 1. The average Bonchev–Trinajstić information content (AvgIpc) is 2.63. The molecule has 1 aromatic carbocycles. The summed E-state index contributed by atoms with van der Waals surface area (Å²) in [5.41, 5.74) is 1.63. The molecule has 4 nitrogen and oxygen atoms in total. The van der Waals surface area contributed by atoms with Crippen LogP contribution in [-0.4, -0.2) is 37.1 Å². The molecular formula is C12H16FN3O. The number of amides is 2. The number of aryl methyl sites for hydroxylation is 1. The van der Waals surface area contributed by atoms with Gasteiger partial charge in [-0.15, -0.1) is 0 Å². The molecule has 1 saturated heterocycles. The highest BCUT2D eigenvalue weighted by Crippen LogP contribution is 2.12. The van der Waals surface area contributed by atoms with Crippen LogP contribution < -0.4 is 10.6 Å². The van der Waals surface area contributed by atoms with E-state index in [9.17, 15) is 9.18 Å². The fourth-order valence-corrected chi connectivity index (χ4v) is 1.90. The van der Waals surface area contributed by atoms with Crippen molar-refractivity contribution in [3.8, 4) is 0 Å². The van der Waals surface area contributed by atoms with Crippen molar-refractivity contribution in [2.24, 2.45) is 0 Å². The van der Waals surface area contributed by atoms with E-state index in [1.807, 2.05) is 13.0 Å². The summed E-state index contributed by atoms with van der Waals surface area (Å²) in [6, 6.07) is 4.80. The molecule has 2 rings (SSSR count). The van der Waals surface area contributed by atoms with E-state index in [1.54, 1.807) is 4.90 Å². The number of nitrogens with one attached hydrogen (secondary N) is 2. The van der Waals surface area contributed by atoms with Crippen LogP contribution >= 0.6 is 0 Å². The molecule has 2 amide bonds. The van der Waals surface area contributed by atoms with Gasteiger partial charge in [0.15, 0.2) is 0 Å². The standard InChI is InChI=1S/C12H16FN3O/c1-9-6-10(13)8-11(7-9)14-2-4-16-5-3-15-12(16)17/h6-8,14H,2-5H2,1H3,(H,15,17). The summed E-state index contributed by atoms with van der Waals surface area (Å²) in [4.78, 5) is 13.0. The van der Waals surface area contributed by atoms with Gasteiger partial charge in [-0.2, -0.15) is 0 Å². The van der Waals surface area contributed by atoms with Gasteiger partial charge in [0.25, 0.3) is 0 Å². The van der Waals surface area contributed by atoms with Crippen LogP contribution in [0.3, 0.4) is 0 Å². The molecule has 0 unspecified atom stereocenters. The first kappa shape index (κ1) is 11.7. The van der Waals surface area contributed by atoms with E-state index in [0.717, 1.165) is 17.8 Å². The van der Waals surface area contributed by atoms with Crippen molar-refractivity contribution in [3.05, 3.63) is 29.6 Å². The van der Waals surface area contributed by atoms with E-state index in [4.69, 9.17) is 0 Å². The lowest BCUT2D eigenvalue weighted by Gasteiger charge is -2.15. The highest BCUT2D eigenvalue weighted by Gasteiger charge is 2.18. The predicted molar refractivity (Wildman–Crippen MR) is 64.6 cm³/mol. The minimum atomic E-state index is -0.244. The van der Waals surface area contributed by atoms with Crippen LogP contribution in [0.4, 0.5) is 14.9 Å². The molecular weight excluding hydrogens is 221 g/mol. The van der Waals surface area contributed by atoms with Crippen molar-refractivity contribution >= 4 is 11.7 Å². The highest BCUT2D eigenvalue weighted by molar-refractivity contribution is 5.76. The minimum absolute atomic E-state index is 0.0257. The molecule has 1 fully saturated rings. The number of carbonyl (C=O) groups excluding carboxylic acids is 1. The molecule has 5 heteroatoms. The van der Waals surface area contributed by atoms with E-state index in [-0.39, 0.29) is 11.8 Å². The van der Waals surface area contributed by atoms with Gasteiger partial charge in [0.1, 0.15) is 5.82 Å². The molecule has 0 spiro atoms. The number of halogens is 1. The number of hydrogen-bond donors (Lipinski definition) is 2. The summed E-state index contributed by atoms with van der Waals surface area (Å²) >= 11 is 0. The summed E-state index contributed by atoms with van der Waals surface area (Å²) < 4.78 is 13.1. The Morgan fingerprint density at radius 2 is 2.29 bits per heavy atom. The van der Waals surface area contributed by atoms with Crippen LogP contribution in [0, 0.1) is 12.7 Å². The largest absolute Gasteiger partial charge is 0.383 e. The van der Waals surface area contributed by atoms with Gasteiger partial charge in [0, 0.05) is 31.9 Å². The van der Waals surface area contributed by atoms with Gasteiger partial charge in [0.2, 0.25) is 0 Å². The Morgan fingerprint density at radius 1 is 1.47 bits per heavy atom. The summed E-state index contributed by atoms with van der Waals surface area (Å²) in [5.74, 6) is -0.244. The van der Waals surface area contributed by atoms with Gasteiger partial charge in [-0.1, -0.05) is 0 Å². The highest BCUT2D eigenvalue weighted by atomic mass is 19.1. The number of anilines is 1. The van der Waals surface area contributed by atoms with Crippen LogP contribution in [0.15, 0.2) is 18.2 Å². The summed E-state index contributed by atoms with van der Waals surface area (Å²) in [5, 5.41) is 5.85. The molecule has 0 radical (unpaired) electrons. The summed E-state index contributed by atoms with van der Waals surface area (Å²) in [7, 11) is 0. The first-order valence-corrected chi connectivity index (χ1v) is 5.69.